The van der Waals surface area contributed by atoms with Gasteiger partial charge in [0.05, 0.1) is 17.0 Å². The minimum absolute atomic E-state index is 0.133. The molecule has 1 saturated heterocycles. The number of aromatic amines is 2. The zero-order valence-electron chi connectivity index (χ0n) is 16.4. The number of fused-ring (bicyclic) bond motifs is 2. The molecule has 3 heterocycles. The zero-order chi connectivity index (χ0) is 20.7. The molecule has 156 valence electrons. The van der Waals surface area contributed by atoms with Gasteiger partial charge in [0.1, 0.15) is 0 Å². The van der Waals surface area contributed by atoms with Gasteiger partial charge in [-0.05, 0) is 41.3 Å². The van der Waals surface area contributed by atoms with Crippen molar-refractivity contribution in [3.05, 3.63) is 70.5 Å². The molecule has 0 saturated carbocycles. The molecule has 0 unspecified atom stereocenters. The predicted octanol–water partition coefficient (Wildman–Crippen LogP) is 3.75. The number of para-hydroxylation sites is 1. The van der Waals surface area contributed by atoms with Gasteiger partial charge in [-0.15, -0.1) is 10.8 Å². The van der Waals surface area contributed by atoms with Crippen LogP contribution in [0.5, 0.6) is 0 Å². The lowest BCUT2D eigenvalue weighted by atomic mass is 10.1. The smallest absolute Gasteiger partial charge is 0.257 e. The van der Waals surface area contributed by atoms with E-state index in [0.717, 1.165) is 39.6 Å². The number of H-pyrrole nitrogens is 2. The van der Waals surface area contributed by atoms with E-state index in [1.807, 2.05) is 54.6 Å². The van der Waals surface area contributed by atoms with Crippen molar-refractivity contribution >= 4 is 32.6 Å². The Morgan fingerprint density at radius 1 is 0.933 bits per heavy atom. The molecule has 5 rings (SSSR count). The fraction of sp³-hybridized carbons (Fsp3) is 0.227. The summed E-state index contributed by atoms with van der Waals surface area (Å²) < 4.78 is 22.6. The maximum absolute atomic E-state index is 12.6. The molecule has 5 N–H and O–H groups in total. The molecule has 2 aromatic heterocycles. The molecular formula is C22H24N4O3S. The van der Waals surface area contributed by atoms with Crippen molar-refractivity contribution in [2.45, 2.75) is 6.54 Å². The first kappa shape index (κ1) is 19.3. The SMILES string of the molecule is O=c1[nH]c2ccccc2cc1-c1cc2cc(CN3CCNCCS3(O)O)ccc2[nH]1. The molecule has 8 heteroatoms. The van der Waals surface area contributed by atoms with E-state index < -0.39 is 10.8 Å². The number of nitrogens with zero attached hydrogens (tertiary/aromatic N) is 1. The number of hydrogen-bond donors (Lipinski definition) is 5. The largest absolute Gasteiger partial charge is 0.354 e. The molecule has 7 nitrogen and oxygen atoms in total. The van der Waals surface area contributed by atoms with E-state index in [1.54, 1.807) is 4.31 Å². The van der Waals surface area contributed by atoms with Gasteiger partial charge in [-0.25, -0.2) is 4.31 Å². The lowest BCUT2D eigenvalue weighted by molar-refractivity contribution is 0.352. The minimum Gasteiger partial charge on any atom is -0.354 e. The normalized spacial score (nSPS) is 18.5. The van der Waals surface area contributed by atoms with E-state index in [2.05, 4.69) is 15.3 Å². The highest BCUT2D eigenvalue weighted by Crippen LogP contribution is 2.44. The summed E-state index contributed by atoms with van der Waals surface area (Å²) in [4.78, 5) is 18.9. The number of aromatic nitrogens is 2. The second-order valence-corrected chi connectivity index (χ2v) is 9.84. The van der Waals surface area contributed by atoms with Gasteiger partial charge in [0.2, 0.25) is 0 Å². The lowest BCUT2D eigenvalue weighted by Gasteiger charge is -2.41. The highest BCUT2D eigenvalue weighted by molar-refractivity contribution is 8.22. The van der Waals surface area contributed by atoms with Gasteiger partial charge in [0, 0.05) is 42.6 Å². The first-order chi connectivity index (χ1) is 14.5. The standard InChI is InChI=1S/C22H24N4O3S/c27-22-18(12-16-3-1-2-4-19(16)25-22)21-13-17-11-15(5-6-20(17)24-21)14-26-9-7-23-8-10-30(26,28)29/h1-6,11-13,23-24,28-29H,7-10,14H2,(H,25,27). The molecule has 0 atom stereocenters. The van der Waals surface area contributed by atoms with E-state index in [1.165, 1.54) is 0 Å². The van der Waals surface area contributed by atoms with Crippen LogP contribution in [0.2, 0.25) is 0 Å². The minimum atomic E-state index is -2.76. The summed E-state index contributed by atoms with van der Waals surface area (Å²) in [5.74, 6) is 0.342. The maximum atomic E-state index is 12.6. The summed E-state index contributed by atoms with van der Waals surface area (Å²) in [7, 11) is -2.76. The molecule has 4 aromatic rings. The Balaban J connectivity index is 1.49. The molecule has 0 amide bonds. The number of benzene rings is 2. The summed E-state index contributed by atoms with van der Waals surface area (Å²) in [5, 5.41) is 5.17. The number of rotatable bonds is 3. The topological polar surface area (TPSA) is 104 Å². The Morgan fingerprint density at radius 3 is 2.67 bits per heavy atom. The molecule has 0 aliphatic carbocycles. The fourth-order valence-corrected chi connectivity index (χ4v) is 5.39. The molecule has 1 fully saturated rings. The first-order valence-electron chi connectivity index (χ1n) is 9.95. The lowest BCUT2D eigenvalue weighted by Crippen LogP contribution is -2.30. The first-order valence-corrected chi connectivity index (χ1v) is 11.6. The van der Waals surface area contributed by atoms with Crippen molar-refractivity contribution in [2.24, 2.45) is 0 Å². The van der Waals surface area contributed by atoms with Crippen molar-refractivity contribution in [1.82, 2.24) is 19.6 Å². The quantitative estimate of drug-likeness (QED) is 0.345. The van der Waals surface area contributed by atoms with E-state index in [4.69, 9.17) is 0 Å². The third kappa shape index (κ3) is 3.64. The Kier molecular flexibility index (Phi) is 4.88. The highest BCUT2D eigenvalue weighted by Gasteiger charge is 2.24. The van der Waals surface area contributed by atoms with Crippen molar-refractivity contribution in [3.8, 4) is 11.3 Å². The van der Waals surface area contributed by atoms with Crippen LogP contribution >= 0.6 is 10.8 Å². The van der Waals surface area contributed by atoms with Crippen LogP contribution in [-0.4, -0.2) is 48.8 Å². The third-order valence-corrected chi connectivity index (χ3v) is 7.48. The molecular weight excluding hydrogens is 400 g/mol. The van der Waals surface area contributed by atoms with Crippen molar-refractivity contribution in [3.63, 3.8) is 0 Å². The monoisotopic (exact) mass is 424 g/mol. The van der Waals surface area contributed by atoms with Crippen LogP contribution in [0, 0.1) is 0 Å². The molecule has 30 heavy (non-hydrogen) atoms. The fourth-order valence-electron chi connectivity index (χ4n) is 3.97. The van der Waals surface area contributed by atoms with Gasteiger partial charge in [0.25, 0.3) is 5.56 Å². The molecule has 1 aliphatic heterocycles. The van der Waals surface area contributed by atoms with Gasteiger partial charge in [-0.3, -0.25) is 13.9 Å². The molecule has 0 bridgehead atoms. The number of hydrogen-bond acceptors (Lipinski definition) is 5. The summed E-state index contributed by atoms with van der Waals surface area (Å²) >= 11 is 0. The predicted molar refractivity (Wildman–Crippen MR) is 123 cm³/mol. The second kappa shape index (κ2) is 7.57. The number of pyridine rings is 1. The Labute approximate surface area is 175 Å². The van der Waals surface area contributed by atoms with E-state index >= 15 is 0 Å². The van der Waals surface area contributed by atoms with E-state index in [0.29, 0.717) is 31.0 Å². The molecule has 0 radical (unpaired) electrons. The van der Waals surface area contributed by atoms with Crippen LogP contribution in [0.25, 0.3) is 33.1 Å². The van der Waals surface area contributed by atoms with Crippen LogP contribution in [0.15, 0.2) is 59.4 Å². The number of nitrogens with one attached hydrogen (secondary N) is 3. The average Bonchev–Trinajstić information content (AvgIpc) is 3.07. The van der Waals surface area contributed by atoms with Crippen LogP contribution in [0.4, 0.5) is 0 Å². The van der Waals surface area contributed by atoms with Crippen molar-refractivity contribution < 1.29 is 9.11 Å². The van der Waals surface area contributed by atoms with Crippen LogP contribution in [-0.2, 0) is 6.54 Å². The summed E-state index contributed by atoms with van der Waals surface area (Å²) in [5.41, 5.74) is 3.98. The zero-order valence-corrected chi connectivity index (χ0v) is 17.2. The Hall–Kier alpha value is -2.62. The third-order valence-electron chi connectivity index (χ3n) is 5.59. The average molecular weight is 425 g/mol. The van der Waals surface area contributed by atoms with Gasteiger partial charge >= 0.3 is 0 Å². The van der Waals surface area contributed by atoms with E-state index in [-0.39, 0.29) is 5.56 Å². The molecule has 2 aromatic carbocycles. The summed E-state index contributed by atoms with van der Waals surface area (Å²) in [6.07, 6.45) is 0. The van der Waals surface area contributed by atoms with Gasteiger partial charge in [-0.2, -0.15) is 0 Å². The summed E-state index contributed by atoms with van der Waals surface area (Å²) in [6, 6.07) is 17.6. The Morgan fingerprint density at radius 2 is 1.77 bits per heavy atom. The molecule has 0 spiro atoms. The maximum Gasteiger partial charge on any atom is 0.257 e. The van der Waals surface area contributed by atoms with Crippen molar-refractivity contribution in [2.75, 3.05) is 25.4 Å². The van der Waals surface area contributed by atoms with E-state index in [9.17, 15) is 13.9 Å². The van der Waals surface area contributed by atoms with Gasteiger partial charge in [-0.1, -0.05) is 24.3 Å². The van der Waals surface area contributed by atoms with Crippen LogP contribution < -0.4 is 10.9 Å². The highest BCUT2D eigenvalue weighted by atomic mass is 32.3. The Bertz CT molecular complexity index is 1280. The second-order valence-electron chi connectivity index (χ2n) is 7.65. The van der Waals surface area contributed by atoms with Crippen LogP contribution in [0.3, 0.4) is 0 Å². The van der Waals surface area contributed by atoms with Gasteiger partial charge in [0.15, 0.2) is 0 Å². The van der Waals surface area contributed by atoms with Crippen LogP contribution in [0.1, 0.15) is 5.56 Å². The molecule has 1 aliphatic rings. The summed E-state index contributed by atoms with van der Waals surface area (Å²) in [6.45, 7) is 2.40. The van der Waals surface area contributed by atoms with Crippen molar-refractivity contribution in [1.29, 1.82) is 0 Å². The van der Waals surface area contributed by atoms with Gasteiger partial charge < -0.3 is 15.3 Å².